The van der Waals surface area contributed by atoms with Gasteiger partial charge in [-0.3, -0.25) is 0 Å². The molecule has 202 valence electrons. The molecule has 1 nitrogen and oxygen atoms in total. The van der Waals surface area contributed by atoms with Crippen molar-refractivity contribution in [2.45, 2.75) is 26.2 Å². The summed E-state index contributed by atoms with van der Waals surface area (Å²) in [5.74, 6) is 0. The summed E-state index contributed by atoms with van der Waals surface area (Å²) in [7, 11) is 0. The minimum absolute atomic E-state index is 0.128. The summed E-state index contributed by atoms with van der Waals surface area (Å²) in [4.78, 5) is 0. The monoisotopic (exact) mass is 557 g/mol. The quantitative estimate of drug-likeness (QED) is 0.204. The van der Waals surface area contributed by atoms with E-state index < -0.39 is 0 Å². The molecule has 0 aliphatic carbocycles. The van der Waals surface area contributed by atoms with E-state index in [4.69, 9.17) is 0 Å². The van der Waals surface area contributed by atoms with Crippen LogP contribution in [-0.4, -0.2) is 4.57 Å². The third-order valence-corrected chi connectivity index (χ3v) is 9.81. The van der Waals surface area contributed by atoms with Crippen LogP contribution in [0.5, 0.6) is 0 Å². The SMILES string of the molecule is CC(C)(C)c1ccc(-c2ccccc2-n2c3ccccc3c3cc(-c4cccc5c4sc4ccccc45)ccc32)cc1. The van der Waals surface area contributed by atoms with Crippen molar-refractivity contribution in [3.8, 4) is 27.9 Å². The minimum atomic E-state index is 0.128. The Labute approximate surface area is 250 Å². The third-order valence-electron chi connectivity index (χ3n) is 8.59. The van der Waals surface area contributed by atoms with Crippen molar-refractivity contribution in [1.82, 2.24) is 4.57 Å². The molecule has 0 spiro atoms. The van der Waals surface area contributed by atoms with E-state index in [1.807, 2.05) is 11.3 Å². The van der Waals surface area contributed by atoms with Gasteiger partial charge in [0.25, 0.3) is 0 Å². The highest BCUT2D eigenvalue weighted by atomic mass is 32.1. The van der Waals surface area contributed by atoms with E-state index in [0.29, 0.717) is 0 Å². The van der Waals surface area contributed by atoms with Crippen molar-refractivity contribution in [2.24, 2.45) is 0 Å². The largest absolute Gasteiger partial charge is 0.309 e. The Morgan fingerprint density at radius 1 is 0.500 bits per heavy atom. The molecule has 0 saturated heterocycles. The van der Waals surface area contributed by atoms with Gasteiger partial charge in [-0.15, -0.1) is 11.3 Å². The second-order valence-corrected chi connectivity index (χ2v) is 13.3. The number of aromatic nitrogens is 1. The second kappa shape index (κ2) is 9.44. The Bertz CT molecular complexity index is 2270. The van der Waals surface area contributed by atoms with Gasteiger partial charge in [0.1, 0.15) is 0 Å². The molecule has 8 rings (SSSR count). The van der Waals surface area contributed by atoms with E-state index in [-0.39, 0.29) is 5.41 Å². The molecular weight excluding hydrogens is 527 g/mol. The van der Waals surface area contributed by atoms with Crippen molar-refractivity contribution < 1.29 is 0 Å². The Balaban J connectivity index is 1.34. The molecule has 0 aliphatic rings. The molecule has 42 heavy (non-hydrogen) atoms. The molecule has 2 heterocycles. The molecule has 0 N–H and O–H groups in total. The first-order valence-electron chi connectivity index (χ1n) is 14.6. The maximum absolute atomic E-state index is 2.45. The van der Waals surface area contributed by atoms with E-state index in [1.54, 1.807) is 0 Å². The van der Waals surface area contributed by atoms with Gasteiger partial charge < -0.3 is 4.57 Å². The summed E-state index contributed by atoms with van der Waals surface area (Å²) in [5, 5.41) is 5.22. The molecule has 0 unspecified atom stereocenters. The highest BCUT2D eigenvalue weighted by Gasteiger charge is 2.18. The van der Waals surface area contributed by atoms with Crippen molar-refractivity contribution in [3.63, 3.8) is 0 Å². The lowest BCUT2D eigenvalue weighted by Crippen LogP contribution is -2.10. The van der Waals surface area contributed by atoms with E-state index >= 15 is 0 Å². The second-order valence-electron chi connectivity index (χ2n) is 12.2. The van der Waals surface area contributed by atoms with Crippen molar-refractivity contribution in [2.75, 3.05) is 0 Å². The van der Waals surface area contributed by atoms with Gasteiger partial charge in [-0.1, -0.05) is 124 Å². The van der Waals surface area contributed by atoms with Crippen LogP contribution in [0.15, 0.2) is 133 Å². The smallest absolute Gasteiger partial charge is 0.0541 e. The van der Waals surface area contributed by atoms with Crippen LogP contribution in [0.25, 0.3) is 69.9 Å². The van der Waals surface area contributed by atoms with Crippen LogP contribution in [-0.2, 0) is 5.41 Å². The normalized spacial score (nSPS) is 12.2. The highest BCUT2D eigenvalue weighted by molar-refractivity contribution is 7.26. The van der Waals surface area contributed by atoms with E-state index in [9.17, 15) is 0 Å². The molecule has 0 aliphatic heterocycles. The average Bonchev–Trinajstić information content (AvgIpc) is 3.56. The zero-order valence-electron chi connectivity index (χ0n) is 24.1. The third kappa shape index (κ3) is 3.90. The summed E-state index contributed by atoms with van der Waals surface area (Å²) in [5.41, 5.74) is 10.2. The van der Waals surface area contributed by atoms with Gasteiger partial charge in [-0.05, 0) is 58.0 Å². The van der Waals surface area contributed by atoms with Gasteiger partial charge in [0.2, 0.25) is 0 Å². The molecule has 0 bridgehead atoms. The number of hydrogen-bond acceptors (Lipinski definition) is 1. The van der Waals surface area contributed by atoms with E-state index in [1.165, 1.54) is 75.5 Å². The lowest BCUT2D eigenvalue weighted by molar-refractivity contribution is 0.590. The predicted molar refractivity (Wildman–Crippen MR) is 183 cm³/mol. The van der Waals surface area contributed by atoms with Crippen LogP contribution in [0.2, 0.25) is 0 Å². The topological polar surface area (TPSA) is 4.93 Å². The molecule has 0 saturated carbocycles. The maximum atomic E-state index is 2.45. The number of fused-ring (bicyclic) bond motifs is 6. The first-order chi connectivity index (χ1) is 20.5. The zero-order chi connectivity index (χ0) is 28.4. The number of hydrogen-bond donors (Lipinski definition) is 0. The zero-order valence-corrected chi connectivity index (χ0v) is 24.9. The molecular formula is C40H31NS. The number of rotatable bonds is 3. The fourth-order valence-corrected chi connectivity index (χ4v) is 7.68. The molecule has 0 fully saturated rings. The summed E-state index contributed by atoms with van der Waals surface area (Å²) in [6, 6.07) is 49.2. The highest BCUT2D eigenvalue weighted by Crippen LogP contribution is 2.42. The number of nitrogens with zero attached hydrogens (tertiary/aromatic N) is 1. The summed E-state index contributed by atoms with van der Waals surface area (Å²) in [6.07, 6.45) is 0. The van der Waals surface area contributed by atoms with Gasteiger partial charge in [-0.2, -0.15) is 0 Å². The Morgan fingerprint density at radius 2 is 1.14 bits per heavy atom. The van der Waals surface area contributed by atoms with Crippen molar-refractivity contribution in [1.29, 1.82) is 0 Å². The van der Waals surface area contributed by atoms with Gasteiger partial charge in [0.15, 0.2) is 0 Å². The fourth-order valence-electron chi connectivity index (χ4n) is 6.44. The number of para-hydroxylation sites is 2. The minimum Gasteiger partial charge on any atom is -0.309 e. The van der Waals surface area contributed by atoms with Gasteiger partial charge in [-0.25, -0.2) is 0 Å². The standard InChI is InChI=1S/C40H31NS/c1-40(2,3)28-22-19-26(20-23-28)29-11-4-7-16-35(29)41-36-17-8-5-12-31(36)34-25-27(21-24-37(34)41)30-14-10-15-33-32-13-6-9-18-38(32)42-39(30)33/h4-25H,1-3H3. The van der Waals surface area contributed by atoms with Gasteiger partial charge in [0.05, 0.1) is 16.7 Å². The number of benzene rings is 6. The Hall–Kier alpha value is -4.66. The van der Waals surface area contributed by atoms with E-state index in [2.05, 4.69) is 159 Å². The first-order valence-corrected chi connectivity index (χ1v) is 15.4. The molecule has 0 atom stereocenters. The van der Waals surface area contributed by atoms with Crippen LogP contribution in [0.4, 0.5) is 0 Å². The summed E-state index contributed by atoms with van der Waals surface area (Å²) in [6.45, 7) is 6.80. The Morgan fingerprint density at radius 3 is 1.98 bits per heavy atom. The van der Waals surface area contributed by atoms with E-state index in [0.717, 1.165) is 0 Å². The molecule has 2 aromatic heterocycles. The van der Waals surface area contributed by atoms with Crippen LogP contribution < -0.4 is 0 Å². The summed E-state index contributed by atoms with van der Waals surface area (Å²) >= 11 is 1.89. The number of thiophene rings is 1. The van der Waals surface area contributed by atoms with Crippen molar-refractivity contribution in [3.05, 3.63) is 139 Å². The average molecular weight is 558 g/mol. The molecule has 0 radical (unpaired) electrons. The van der Waals surface area contributed by atoms with Crippen molar-refractivity contribution >= 4 is 53.3 Å². The van der Waals surface area contributed by atoms with Crippen LogP contribution >= 0.6 is 11.3 Å². The summed E-state index contributed by atoms with van der Waals surface area (Å²) < 4.78 is 5.14. The fraction of sp³-hybridized carbons (Fsp3) is 0.100. The van der Waals surface area contributed by atoms with Crippen LogP contribution in [0, 0.1) is 0 Å². The van der Waals surface area contributed by atoms with Crippen LogP contribution in [0.3, 0.4) is 0 Å². The van der Waals surface area contributed by atoms with Gasteiger partial charge >= 0.3 is 0 Å². The van der Waals surface area contributed by atoms with Crippen LogP contribution in [0.1, 0.15) is 26.3 Å². The molecule has 8 aromatic rings. The molecule has 6 aromatic carbocycles. The lowest BCUT2D eigenvalue weighted by Gasteiger charge is -2.20. The lowest BCUT2D eigenvalue weighted by atomic mass is 9.86. The maximum Gasteiger partial charge on any atom is 0.0541 e. The van der Waals surface area contributed by atoms with Gasteiger partial charge in [0, 0.05) is 36.5 Å². The molecule has 2 heteroatoms. The molecule has 0 amide bonds. The Kier molecular flexibility index (Phi) is 5.64. The first kappa shape index (κ1) is 25.1. The predicted octanol–water partition coefficient (Wildman–Crippen LogP) is 11.8.